The Bertz CT molecular complexity index is 1200. The molecule has 0 aromatic heterocycles. The number of rotatable bonds is 4. The molecule has 31 heavy (non-hydrogen) atoms. The Hall–Kier alpha value is -3.91. The van der Waals surface area contributed by atoms with Gasteiger partial charge in [0.15, 0.2) is 6.10 Å². The average Bonchev–Trinajstić information content (AvgIpc) is 3.14. The Labute approximate surface area is 181 Å². The highest BCUT2D eigenvalue weighted by Gasteiger charge is 2.34. The van der Waals surface area contributed by atoms with Gasteiger partial charge in [-0.3, -0.25) is 4.79 Å². The molecule has 0 spiro atoms. The van der Waals surface area contributed by atoms with Crippen molar-refractivity contribution in [3.63, 3.8) is 0 Å². The predicted octanol–water partition coefficient (Wildman–Crippen LogP) is 4.75. The van der Waals surface area contributed by atoms with Gasteiger partial charge in [0.2, 0.25) is 0 Å². The molecule has 2 atom stereocenters. The molecular formula is C26H22N2O3. The van der Waals surface area contributed by atoms with E-state index in [-0.39, 0.29) is 11.9 Å². The molecular weight excluding hydrogens is 388 g/mol. The number of carbonyl (C=O) groups is 2. The van der Waals surface area contributed by atoms with Crippen LogP contribution in [-0.2, 0) is 16.0 Å². The number of amides is 1. The van der Waals surface area contributed by atoms with E-state index < -0.39 is 12.1 Å². The van der Waals surface area contributed by atoms with Gasteiger partial charge in [-0.2, -0.15) is 5.26 Å². The Balaban J connectivity index is 1.59. The Morgan fingerprint density at radius 3 is 2.42 bits per heavy atom. The van der Waals surface area contributed by atoms with Crippen LogP contribution in [0.3, 0.4) is 0 Å². The zero-order valence-corrected chi connectivity index (χ0v) is 17.4. The van der Waals surface area contributed by atoms with Crippen LogP contribution in [0.1, 0.15) is 35.3 Å². The van der Waals surface area contributed by atoms with Crippen LogP contribution in [0.2, 0.25) is 0 Å². The third-order valence-corrected chi connectivity index (χ3v) is 5.56. The lowest BCUT2D eigenvalue weighted by Gasteiger charge is -2.26. The van der Waals surface area contributed by atoms with Crippen molar-refractivity contribution in [2.45, 2.75) is 32.4 Å². The van der Waals surface area contributed by atoms with Gasteiger partial charge in [-0.15, -0.1) is 0 Å². The van der Waals surface area contributed by atoms with E-state index in [1.54, 1.807) is 54.3 Å². The molecule has 4 rings (SSSR count). The summed E-state index contributed by atoms with van der Waals surface area (Å²) < 4.78 is 5.60. The molecule has 1 heterocycles. The second-order valence-corrected chi connectivity index (χ2v) is 7.64. The summed E-state index contributed by atoms with van der Waals surface area (Å²) in [5.74, 6) is -0.843. The van der Waals surface area contributed by atoms with Crippen LogP contribution in [0.5, 0.6) is 0 Å². The van der Waals surface area contributed by atoms with E-state index in [9.17, 15) is 14.9 Å². The van der Waals surface area contributed by atoms with E-state index in [4.69, 9.17) is 4.74 Å². The second-order valence-electron chi connectivity index (χ2n) is 7.64. The number of esters is 1. The molecule has 154 valence electrons. The molecule has 0 radical (unpaired) electrons. The third kappa shape index (κ3) is 3.80. The average molecular weight is 410 g/mol. The number of ether oxygens (including phenoxy) is 1. The minimum Gasteiger partial charge on any atom is -0.449 e. The summed E-state index contributed by atoms with van der Waals surface area (Å²) in [5.41, 5.74) is 4.02. The standard InChI is InChI=1S/C26H22N2O3/c1-17-15-19-9-4-8-14-24(19)28(17)25(29)18(2)31-26(30)23-13-7-6-12-22(23)21-11-5-3-10-20(21)16-27/h3-14,17-18H,15H2,1-2H3/t17-,18+/m0/s1. The number of hydrogen-bond donors (Lipinski definition) is 0. The van der Waals surface area contributed by atoms with E-state index in [2.05, 4.69) is 6.07 Å². The molecule has 0 bridgehead atoms. The summed E-state index contributed by atoms with van der Waals surface area (Å²) in [6.45, 7) is 3.58. The van der Waals surface area contributed by atoms with Gasteiger partial charge in [0.1, 0.15) is 0 Å². The van der Waals surface area contributed by atoms with Gasteiger partial charge in [-0.05, 0) is 49.6 Å². The van der Waals surface area contributed by atoms with E-state index in [0.29, 0.717) is 22.3 Å². The van der Waals surface area contributed by atoms with E-state index >= 15 is 0 Å². The smallest absolute Gasteiger partial charge is 0.339 e. The maximum atomic E-state index is 13.1. The molecule has 0 fully saturated rings. The van der Waals surface area contributed by atoms with Crippen molar-refractivity contribution in [3.05, 3.63) is 89.5 Å². The normalized spacial score (nSPS) is 15.6. The van der Waals surface area contributed by atoms with Gasteiger partial charge < -0.3 is 9.64 Å². The van der Waals surface area contributed by atoms with E-state index in [1.807, 2.05) is 37.3 Å². The van der Waals surface area contributed by atoms with Crippen molar-refractivity contribution in [2.24, 2.45) is 0 Å². The van der Waals surface area contributed by atoms with Gasteiger partial charge >= 0.3 is 5.97 Å². The van der Waals surface area contributed by atoms with Crippen LogP contribution in [0, 0.1) is 11.3 Å². The zero-order chi connectivity index (χ0) is 22.0. The van der Waals surface area contributed by atoms with Crippen LogP contribution >= 0.6 is 0 Å². The van der Waals surface area contributed by atoms with Crippen LogP contribution in [-0.4, -0.2) is 24.0 Å². The van der Waals surface area contributed by atoms with Crippen LogP contribution in [0.4, 0.5) is 5.69 Å². The lowest BCUT2D eigenvalue weighted by Crippen LogP contribution is -2.43. The first kappa shape index (κ1) is 20.4. The zero-order valence-electron chi connectivity index (χ0n) is 17.4. The first-order chi connectivity index (χ1) is 15.0. The minimum atomic E-state index is -0.944. The molecule has 1 amide bonds. The van der Waals surface area contributed by atoms with Gasteiger partial charge in [0, 0.05) is 17.3 Å². The molecule has 0 saturated heterocycles. The first-order valence-corrected chi connectivity index (χ1v) is 10.2. The summed E-state index contributed by atoms with van der Waals surface area (Å²) >= 11 is 0. The number of nitriles is 1. The summed E-state index contributed by atoms with van der Waals surface area (Å²) in [4.78, 5) is 27.9. The summed E-state index contributed by atoms with van der Waals surface area (Å²) in [6.07, 6.45) is -0.170. The van der Waals surface area contributed by atoms with Crippen molar-refractivity contribution in [1.82, 2.24) is 0 Å². The number of carbonyl (C=O) groups excluding carboxylic acids is 2. The lowest BCUT2D eigenvalue weighted by molar-refractivity contribution is -0.126. The number of hydrogen-bond acceptors (Lipinski definition) is 4. The molecule has 3 aromatic carbocycles. The Morgan fingerprint density at radius 2 is 1.65 bits per heavy atom. The molecule has 0 saturated carbocycles. The highest BCUT2D eigenvalue weighted by Crippen LogP contribution is 2.33. The molecule has 5 heteroatoms. The number of benzene rings is 3. The highest BCUT2D eigenvalue weighted by atomic mass is 16.5. The number of nitrogens with zero attached hydrogens (tertiary/aromatic N) is 2. The molecule has 3 aromatic rings. The number of para-hydroxylation sites is 1. The topological polar surface area (TPSA) is 70.4 Å². The van der Waals surface area contributed by atoms with Crippen LogP contribution in [0.25, 0.3) is 11.1 Å². The predicted molar refractivity (Wildman–Crippen MR) is 119 cm³/mol. The molecule has 0 N–H and O–H groups in total. The van der Waals surface area contributed by atoms with Gasteiger partial charge in [0.25, 0.3) is 5.91 Å². The maximum absolute atomic E-state index is 13.1. The van der Waals surface area contributed by atoms with Crippen molar-refractivity contribution in [3.8, 4) is 17.2 Å². The van der Waals surface area contributed by atoms with Gasteiger partial charge in [-0.25, -0.2) is 4.79 Å². The van der Waals surface area contributed by atoms with E-state index in [1.165, 1.54) is 0 Å². The van der Waals surface area contributed by atoms with Crippen molar-refractivity contribution in [2.75, 3.05) is 4.90 Å². The molecule has 5 nitrogen and oxygen atoms in total. The fourth-order valence-corrected chi connectivity index (χ4v) is 4.08. The third-order valence-electron chi connectivity index (χ3n) is 5.56. The van der Waals surface area contributed by atoms with Crippen LogP contribution < -0.4 is 4.90 Å². The summed E-state index contributed by atoms with van der Waals surface area (Å²) in [5, 5.41) is 9.44. The number of anilines is 1. The van der Waals surface area contributed by atoms with Gasteiger partial charge in [-0.1, -0.05) is 54.6 Å². The molecule has 0 aliphatic carbocycles. The lowest BCUT2D eigenvalue weighted by atomic mass is 9.96. The second kappa shape index (κ2) is 8.45. The van der Waals surface area contributed by atoms with E-state index in [0.717, 1.165) is 17.7 Å². The van der Waals surface area contributed by atoms with Crippen molar-refractivity contribution in [1.29, 1.82) is 5.26 Å². The monoisotopic (exact) mass is 410 g/mol. The van der Waals surface area contributed by atoms with Crippen molar-refractivity contribution < 1.29 is 14.3 Å². The SMILES string of the molecule is C[C@@H](OC(=O)c1ccccc1-c1ccccc1C#N)C(=O)N1c2ccccc2C[C@@H]1C. The molecule has 1 aliphatic heterocycles. The highest BCUT2D eigenvalue weighted by molar-refractivity contribution is 6.02. The first-order valence-electron chi connectivity index (χ1n) is 10.2. The maximum Gasteiger partial charge on any atom is 0.339 e. The van der Waals surface area contributed by atoms with Crippen molar-refractivity contribution >= 4 is 17.6 Å². The Morgan fingerprint density at radius 1 is 1.00 bits per heavy atom. The molecule has 0 unspecified atom stereocenters. The fourth-order valence-electron chi connectivity index (χ4n) is 4.08. The quantitative estimate of drug-likeness (QED) is 0.582. The largest absolute Gasteiger partial charge is 0.449 e. The Kier molecular flexibility index (Phi) is 5.55. The van der Waals surface area contributed by atoms with Crippen LogP contribution in [0.15, 0.2) is 72.8 Å². The fraction of sp³-hybridized carbons (Fsp3) is 0.192. The summed E-state index contributed by atoms with van der Waals surface area (Å²) in [6, 6.07) is 24.0. The number of fused-ring (bicyclic) bond motifs is 1. The summed E-state index contributed by atoms with van der Waals surface area (Å²) in [7, 11) is 0. The minimum absolute atomic E-state index is 0.000781. The van der Waals surface area contributed by atoms with Gasteiger partial charge in [0.05, 0.1) is 17.2 Å². The molecule has 1 aliphatic rings.